The number of hydrogen-bond donors (Lipinski definition) is 3. The van der Waals surface area contributed by atoms with E-state index in [1.807, 2.05) is 6.92 Å². The molecule has 0 aliphatic carbocycles. The highest BCUT2D eigenvalue weighted by Gasteiger charge is 2.28. The Bertz CT molecular complexity index is 650. The molecule has 0 unspecified atom stereocenters. The Labute approximate surface area is 144 Å². The molecule has 134 valence electrons. The number of amides is 1. The van der Waals surface area contributed by atoms with Gasteiger partial charge in [-0.15, -0.1) is 0 Å². The number of sulfonamides is 1. The summed E-state index contributed by atoms with van der Waals surface area (Å²) in [6.45, 7) is 6.92. The second kappa shape index (κ2) is 8.09. The number of carbonyl (C=O) groups excluding carboxylic acids is 1. The van der Waals surface area contributed by atoms with Crippen molar-refractivity contribution in [3.8, 4) is 0 Å². The lowest BCUT2D eigenvalue weighted by Gasteiger charge is -2.31. The van der Waals surface area contributed by atoms with E-state index in [-0.39, 0.29) is 16.8 Å². The van der Waals surface area contributed by atoms with Crippen LogP contribution in [0.4, 0.5) is 0 Å². The van der Waals surface area contributed by atoms with Crippen molar-refractivity contribution in [1.82, 2.24) is 5.32 Å². The molecule has 7 heteroatoms. The third-order valence-electron chi connectivity index (χ3n) is 4.89. The molecule has 1 fully saturated rings. The molecule has 2 rings (SSSR count). The minimum absolute atomic E-state index is 0.0257. The number of likely N-dealkylation sites (tertiary alicyclic amines) is 1. The van der Waals surface area contributed by atoms with Gasteiger partial charge in [0.2, 0.25) is 10.0 Å². The normalized spacial score (nSPS) is 22.8. The zero-order chi connectivity index (χ0) is 17.7. The SMILES string of the molecule is CC1CC[NH+]([C@H](C)C(=O)NCCc2ccc(S(N)(=O)=O)cc2)CC1. The fourth-order valence-corrected chi connectivity index (χ4v) is 3.60. The average Bonchev–Trinajstić information content (AvgIpc) is 2.54. The van der Waals surface area contributed by atoms with Crippen molar-refractivity contribution in [2.24, 2.45) is 11.1 Å². The van der Waals surface area contributed by atoms with Crippen LogP contribution in [0.3, 0.4) is 0 Å². The standard InChI is InChI=1S/C17H27N3O3S/c1-13-8-11-20(12-9-13)14(2)17(21)19-10-7-15-3-5-16(6-4-15)24(18,22)23/h3-6,13-14H,7-12H2,1-2H3,(H,19,21)(H2,18,22,23)/p+1/t14-/m1/s1. The molecule has 0 spiro atoms. The quantitative estimate of drug-likeness (QED) is 0.654. The number of piperidine rings is 1. The number of nitrogens with two attached hydrogens (primary N) is 1. The third kappa shape index (κ3) is 5.29. The number of carbonyl (C=O) groups is 1. The molecule has 0 aromatic heterocycles. The largest absolute Gasteiger partial charge is 0.351 e. The van der Waals surface area contributed by atoms with Crippen LogP contribution in [0, 0.1) is 5.92 Å². The third-order valence-corrected chi connectivity index (χ3v) is 5.82. The van der Waals surface area contributed by atoms with E-state index in [9.17, 15) is 13.2 Å². The van der Waals surface area contributed by atoms with Crippen LogP contribution in [0.15, 0.2) is 29.2 Å². The van der Waals surface area contributed by atoms with Crippen molar-refractivity contribution in [3.63, 3.8) is 0 Å². The van der Waals surface area contributed by atoms with Crippen molar-refractivity contribution in [3.05, 3.63) is 29.8 Å². The monoisotopic (exact) mass is 354 g/mol. The minimum atomic E-state index is -3.65. The predicted molar refractivity (Wildman–Crippen MR) is 93.1 cm³/mol. The molecule has 1 aliphatic rings. The molecule has 0 bridgehead atoms. The Balaban J connectivity index is 1.78. The van der Waals surface area contributed by atoms with Crippen molar-refractivity contribution in [1.29, 1.82) is 0 Å². The molecule has 1 aliphatic heterocycles. The second-order valence-electron chi connectivity index (χ2n) is 6.79. The summed E-state index contributed by atoms with van der Waals surface area (Å²) in [5.41, 5.74) is 0.967. The Kier molecular flexibility index (Phi) is 6.37. The number of quaternary nitrogens is 1. The van der Waals surface area contributed by atoms with Gasteiger partial charge in [-0.25, -0.2) is 13.6 Å². The number of nitrogens with one attached hydrogen (secondary N) is 2. The first-order valence-corrected chi connectivity index (χ1v) is 10.1. The van der Waals surface area contributed by atoms with Crippen LogP contribution in [-0.4, -0.2) is 40.0 Å². The van der Waals surface area contributed by atoms with Crippen LogP contribution in [0.1, 0.15) is 32.3 Å². The van der Waals surface area contributed by atoms with Gasteiger partial charge in [0.25, 0.3) is 5.91 Å². The van der Waals surface area contributed by atoms with E-state index in [1.165, 1.54) is 29.9 Å². The zero-order valence-electron chi connectivity index (χ0n) is 14.4. The van der Waals surface area contributed by atoms with Crippen LogP contribution < -0.4 is 15.4 Å². The van der Waals surface area contributed by atoms with Crippen LogP contribution in [-0.2, 0) is 21.2 Å². The Morgan fingerprint density at radius 1 is 1.29 bits per heavy atom. The zero-order valence-corrected chi connectivity index (χ0v) is 15.2. The van der Waals surface area contributed by atoms with Gasteiger partial charge in [-0.2, -0.15) is 0 Å². The fraction of sp³-hybridized carbons (Fsp3) is 0.588. The first-order chi connectivity index (χ1) is 11.3. The number of hydrogen-bond acceptors (Lipinski definition) is 3. The maximum Gasteiger partial charge on any atom is 0.278 e. The van der Waals surface area contributed by atoms with Gasteiger partial charge in [0, 0.05) is 6.54 Å². The summed E-state index contributed by atoms with van der Waals surface area (Å²) in [6.07, 6.45) is 3.03. The van der Waals surface area contributed by atoms with Crippen LogP contribution >= 0.6 is 0 Å². The highest BCUT2D eigenvalue weighted by molar-refractivity contribution is 7.89. The number of benzene rings is 1. The molecule has 1 saturated heterocycles. The topological polar surface area (TPSA) is 93.7 Å². The molecule has 6 nitrogen and oxygen atoms in total. The first-order valence-electron chi connectivity index (χ1n) is 8.51. The van der Waals surface area contributed by atoms with E-state index in [0.717, 1.165) is 24.6 Å². The molecule has 0 saturated carbocycles. The first kappa shape index (κ1) is 18.9. The van der Waals surface area contributed by atoms with E-state index < -0.39 is 10.0 Å². The predicted octanol–water partition coefficient (Wildman–Crippen LogP) is -0.304. The Morgan fingerprint density at radius 2 is 1.88 bits per heavy atom. The molecule has 1 atom stereocenters. The second-order valence-corrected chi connectivity index (χ2v) is 8.35. The van der Waals surface area contributed by atoms with Crippen molar-refractivity contribution >= 4 is 15.9 Å². The molecule has 4 N–H and O–H groups in total. The number of primary sulfonamides is 1. The molecule has 1 heterocycles. The maximum absolute atomic E-state index is 12.3. The lowest BCUT2D eigenvalue weighted by Crippen LogP contribution is -3.17. The van der Waals surface area contributed by atoms with Gasteiger partial charge in [-0.1, -0.05) is 19.1 Å². The summed E-state index contributed by atoms with van der Waals surface area (Å²) in [6, 6.07) is 6.42. The van der Waals surface area contributed by atoms with Gasteiger partial charge in [0.05, 0.1) is 18.0 Å². The summed E-state index contributed by atoms with van der Waals surface area (Å²) in [4.78, 5) is 13.7. The van der Waals surface area contributed by atoms with Gasteiger partial charge < -0.3 is 10.2 Å². The summed E-state index contributed by atoms with van der Waals surface area (Å²) in [5, 5.41) is 8.05. The maximum atomic E-state index is 12.3. The van der Waals surface area contributed by atoms with Gasteiger partial charge >= 0.3 is 0 Å². The summed E-state index contributed by atoms with van der Waals surface area (Å²) < 4.78 is 22.4. The highest BCUT2D eigenvalue weighted by Crippen LogP contribution is 2.09. The van der Waals surface area contributed by atoms with Gasteiger partial charge in [0.15, 0.2) is 6.04 Å². The van der Waals surface area contributed by atoms with Gasteiger partial charge in [-0.3, -0.25) is 4.79 Å². The minimum Gasteiger partial charge on any atom is -0.351 e. The highest BCUT2D eigenvalue weighted by atomic mass is 32.2. The van der Waals surface area contributed by atoms with E-state index in [4.69, 9.17) is 5.14 Å². The van der Waals surface area contributed by atoms with Crippen molar-refractivity contribution in [2.75, 3.05) is 19.6 Å². The molecule has 24 heavy (non-hydrogen) atoms. The molecular formula is C17H28N3O3S+. The van der Waals surface area contributed by atoms with Gasteiger partial charge in [-0.05, 0) is 49.8 Å². The summed E-state index contributed by atoms with van der Waals surface area (Å²) >= 11 is 0. The lowest BCUT2D eigenvalue weighted by atomic mass is 9.98. The van der Waals surface area contributed by atoms with E-state index in [0.29, 0.717) is 13.0 Å². The average molecular weight is 354 g/mol. The lowest BCUT2D eigenvalue weighted by molar-refractivity contribution is -0.920. The fourth-order valence-electron chi connectivity index (χ4n) is 3.08. The van der Waals surface area contributed by atoms with Crippen LogP contribution in [0.25, 0.3) is 0 Å². The van der Waals surface area contributed by atoms with E-state index >= 15 is 0 Å². The molecular weight excluding hydrogens is 326 g/mol. The smallest absolute Gasteiger partial charge is 0.278 e. The molecule has 0 radical (unpaired) electrons. The molecule has 1 aromatic rings. The van der Waals surface area contributed by atoms with Gasteiger partial charge in [0.1, 0.15) is 0 Å². The Hall–Kier alpha value is -1.44. The molecule has 1 aromatic carbocycles. The van der Waals surface area contributed by atoms with Crippen molar-refractivity contribution in [2.45, 2.75) is 44.0 Å². The van der Waals surface area contributed by atoms with Crippen molar-refractivity contribution < 1.29 is 18.1 Å². The van der Waals surface area contributed by atoms with E-state index in [1.54, 1.807) is 12.1 Å². The Morgan fingerprint density at radius 3 is 2.42 bits per heavy atom. The number of rotatable bonds is 6. The van der Waals surface area contributed by atoms with E-state index in [2.05, 4.69) is 12.2 Å². The molecule has 1 amide bonds. The summed E-state index contributed by atoms with van der Waals surface area (Å²) in [7, 11) is -3.65. The summed E-state index contributed by atoms with van der Waals surface area (Å²) in [5.74, 6) is 0.852. The van der Waals surface area contributed by atoms with Crippen LogP contribution in [0.5, 0.6) is 0 Å². The van der Waals surface area contributed by atoms with Crippen LogP contribution in [0.2, 0.25) is 0 Å².